The Morgan fingerprint density at radius 2 is 1.86 bits per heavy atom. The smallest absolute Gasteiger partial charge is 0.341 e. The average molecular weight is 404 g/mol. The van der Waals surface area contributed by atoms with Gasteiger partial charge in [-0.2, -0.15) is 4.73 Å². The molecule has 0 spiro atoms. The number of aromatic nitrogens is 1. The number of hydrogen-bond donors (Lipinski definition) is 1. The van der Waals surface area contributed by atoms with Gasteiger partial charge in [-0.25, -0.2) is 9.59 Å². The lowest BCUT2D eigenvalue weighted by molar-refractivity contribution is -0.605. The minimum atomic E-state index is -0.717. The third-order valence-corrected chi connectivity index (χ3v) is 5.64. The van der Waals surface area contributed by atoms with Crippen LogP contribution < -0.4 is 10.0 Å². The molecular weight excluding hydrogens is 384 g/mol. The molecule has 0 aliphatic heterocycles. The third kappa shape index (κ3) is 4.48. The second-order valence-electron chi connectivity index (χ2n) is 6.33. The number of anilines is 1. The Morgan fingerprint density at radius 1 is 1.14 bits per heavy atom. The summed E-state index contributed by atoms with van der Waals surface area (Å²) in [6.07, 6.45) is 7.09. The summed E-state index contributed by atoms with van der Waals surface area (Å²) in [4.78, 5) is 37.5. The summed E-state index contributed by atoms with van der Waals surface area (Å²) < 4.78 is 10.4. The van der Waals surface area contributed by atoms with Crippen LogP contribution in [0.15, 0.2) is 24.5 Å². The summed E-state index contributed by atoms with van der Waals surface area (Å²) in [6, 6.07) is 2.61. The molecule has 0 saturated heterocycles. The number of pyridine rings is 1. The molecule has 0 bridgehead atoms. The summed E-state index contributed by atoms with van der Waals surface area (Å²) in [6.45, 7) is -0.506. The fourth-order valence-electron chi connectivity index (χ4n) is 3.07. The Bertz CT molecular complexity index is 891. The van der Waals surface area contributed by atoms with E-state index in [2.05, 4.69) is 5.32 Å². The average Bonchev–Trinajstić information content (AvgIpc) is 2.86. The number of methoxy groups -OCH3 is 1. The quantitative estimate of drug-likeness (QED) is 0.354. The van der Waals surface area contributed by atoms with Crippen molar-refractivity contribution >= 4 is 34.2 Å². The van der Waals surface area contributed by atoms with E-state index in [1.807, 2.05) is 0 Å². The van der Waals surface area contributed by atoms with Crippen LogP contribution in [-0.4, -0.2) is 31.6 Å². The minimum Gasteiger partial charge on any atom is -0.619 e. The molecule has 2 heterocycles. The van der Waals surface area contributed by atoms with Crippen molar-refractivity contribution in [1.82, 2.24) is 0 Å². The Morgan fingerprint density at radius 3 is 2.57 bits per heavy atom. The molecule has 2 aromatic heterocycles. The van der Waals surface area contributed by atoms with E-state index >= 15 is 0 Å². The zero-order valence-corrected chi connectivity index (χ0v) is 16.2. The Hall–Kier alpha value is -2.94. The van der Waals surface area contributed by atoms with Gasteiger partial charge in [0.2, 0.25) is 0 Å². The zero-order valence-electron chi connectivity index (χ0n) is 15.4. The first kappa shape index (κ1) is 19.8. The van der Waals surface area contributed by atoms with Crippen LogP contribution in [0.1, 0.15) is 50.4 Å². The lowest BCUT2D eigenvalue weighted by Gasteiger charge is -2.08. The number of nitrogens with one attached hydrogen (secondary N) is 1. The predicted molar refractivity (Wildman–Crippen MR) is 101 cm³/mol. The van der Waals surface area contributed by atoms with E-state index in [-0.39, 0.29) is 5.56 Å². The molecule has 1 amide bonds. The van der Waals surface area contributed by atoms with E-state index in [1.54, 1.807) is 0 Å². The maximum absolute atomic E-state index is 12.3. The second kappa shape index (κ2) is 8.83. The van der Waals surface area contributed by atoms with Crippen molar-refractivity contribution in [2.45, 2.75) is 32.1 Å². The molecule has 0 unspecified atom stereocenters. The molecule has 1 aliphatic carbocycles. The maximum Gasteiger partial charge on any atom is 0.341 e. The van der Waals surface area contributed by atoms with E-state index in [4.69, 9.17) is 9.47 Å². The van der Waals surface area contributed by atoms with Crippen LogP contribution >= 0.6 is 11.3 Å². The second-order valence-corrected chi connectivity index (χ2v) is 7.44. The highest BCUT2D eigenvalue weighted by atomic mass is 32.1. The first-order valence-electron chi connectivity index (χ1n) is 8.88. The van der Waals surface area contributed by atoms with Gasteiger partial charge < -0.3 is 20.0 Å². The van der Waals surface area contributed by atoms with E-state index in [1.165, 1.54) is 30.6 Å². The third-order valence-electron chi connectivity index (χ3n) is 4.44. The number of thiophene rings is 1. The monoisotopic (exact) mass is 404 g/mol. The number of esters is 2. The number of amides is 1. The van der Waals surface area contributed by atoms with Crippen molar-refractivity contribution in [2.24, 2.45) is 0 Å². The fourth-order valence-corrected chi connectivity index (χ4v) is 4.37. The molecule has 0 radical (unpaired) electrons. The zero-order chi connectivity index (χ0) is 20.1. The fraction of sp³-hybridized carbons (Fsp3) is 0.368. The highest BCUT2D eigenvalue weighted by Gasteiger charge is 2.26. The van der Waals surface area contributed by atoms with Gasteiger partial charge in [-0.05, 0) is 31.2 Å². The van der Waals surface area contributed by atoms with Crippen LogP contribution in [-0.2, 0) is 27.1 Å². The topological polar surface area (TPSA) is 109 Å². The summed E-state index contributed by atoms with van der Waals surface area (Å²) in [5.41, 5.74) is 1.50. The number of aryl methyl sites for hydroxylation is 1. The van der Waals surface area contributed by atoms with Gasteiger partial charge in [0, 0.05) is 17.0 Å². The molecule has 0 saturated carbocycles. The van der Waals surface area contributed by atoms with Gasteiger partial charge in [-0.15, -0.1) is 11.3 Å². The number of hydrogen-bond acceptors (Lipinski definition) is 7. The lowest BCUT2D eigenvalue weighted by atomic mass is 10.1. The molecule has 1 aliphatic rings. The molecule has 148 valence electrons. The molecule has 0 aromatic carbocycles. The largest absolute Gasteiger partial charge is 0.619 e. The van der Waals surface area contributed by atoms with E-state index in [0.29, 0.717) is 15.3 Å². The van der Waals surface area contributed by atoms with Gasteiger partial charge in [0.05, 0.1) is 18.2 Å². The van der Waals surface area contributed by atoms with Crippen LogP contribution in [0.5, 0.6) is 0 Å². The van der Waals surface area contributed by atoms with Crippen LogP contribution in [0, 0.1) is 5.21 Å². The van der Waals surface area contributed by atoms with Crippen LogP contribution in [0.4, 0.5) is 5.00 Å². The first-order chi connectivity index (χ1) is 13.5. The molecular formula is C19H20N2O6S. The van der Waals surface area contributed by atoms with Crippen molar-refractivity contribution in [3.63, 3.8) is 0 Å². The molecule has 3 rings (SSSR count). The van der Waals surface area contributed by atoms with Gasteiger partial charge in [-0.1, -0.05) is 6.42 Å². The Kier molecular flexibility index (Phi) is 6.25. The predicted octanol–water partition coefficient (Wildman–Crippen LogP) is 2.23. The van der Waals surface area contributed by atoms with Crippen molar-refractivity contribution in [3.8, 4) is 0 Å². The van der Waals surface area contributed by atoms with E-state index < -0.39 is 24.5 Å². The standard InChI is InChI=1S/C19H20N2O6S/c1-26-19(24)16-13-5-3-2-4-6-14(13)28-17(16)20-15(22)11-27-18(23)12-7-9-21(25)10-8-12/h7-10H,2-6,11H2,1H3,(H,20,22). The normalized spacial score (nSPS) is 13.2. The van der Waals surface area contributed by atoms with Crippen LogP contribution in [0.2, 0.25) is 0 Å². The summed E-state index contributed by atoms with van der Waals surface area (Å²) >= 11 is 1.37. The molecule has 8 nitrogen and oxygen atoms in total. The Labute approximate surface area is 165 Å². The Balaban J connectivity index is 1.69. The van der Waals surface area contributed by atoms with Crippen molar-refractivity contribution in [3.05, 3.63) is 51.3 Å². The summed E-state index contributed by atoms with van der Waals surface area (Å²) in [7, 11) is 1.31. The molecule has 2 aromatic rings. The molecule has 0 atom stereocenters. The van der Waals surface area contributed by atoms with Crippen LogP contribution in [0.3, 0.4) is 0 Å². The summed E-state index contributed by atoms with van der Waals surface area (Å²) in [5.74, 6) is -1.75. The van der Waals surface area contributed by atoms with Gasteiger partial charge in [0.15, 0.2) is 19.0 Å². The van der Waals surface area contributed by atoms with Gasteiger partial charge in [-0.3, -0.25) is 4.79 Å². The van der Waals surface area contributed by atoms with E-state index in [9.17, 15) is 19.6 Å². The van der Waals surface area contributed by atoms with Gasteiger partial charge in [0.25, 0.3) is 5.91 Å². The first-order valence-corrected chi connectivity index (χ1v) is 9.70. The van der Waals surface area contributed by atoms with Gasteiger partial charge in [0.1, 0.15) is 5.00 Å². The van der Waals surface area contributed by atoms with E-state index in [0.717, 1.165) is 54.9 Å². The number of rotatable bonds is 5. The molecule has 0 fully saturated rings. The lowest BCUT2D eigenvalue weighted by Crippen LogP contribution is -2.25. The number of ether oxygens (including phenoxy) is 2. The number of fused-ring (bicyclic) bond motifs is 1. The highest BCUT2D eigenvalue weighted by molar-refractivity contribution is 7.17. The molecule has 9 heteroatoms. The maximum atomic E-state index is 12.3. The number of nitrogens with zero attached hydrogens (tertiary/aromatic N) is 1. The number of carbonyl (C=O) groups excluding carboxylic acids is 3. The molecule has 28 heavy (non-hydrogen) atoms. The molecule has 1 N–H and O–H groups in total. The highest BCUT2D eigenvalue weighted by Crippen LogP contribution is 2.37. The van der Waals surface area contributed by atoms with Gasteiger partial charge >= 0.3 is 11.9 Å². The SMILES string of the molecule is COC(=O)c1c(NC(=O)COC(=O)c2cc[n+]([O-])cc2)sc2c1CCCCC2. The van der Waals surface area contributed by atoms with Crippen LogP contribution in [0.25, 0.3) is 0 Å². The minimum absolute atomic E-state index is 0.165. The van der Waals surface area contributed by atoms with Crippen molar-refractivity contribution in [1.29, 1.82) is 0 Å². The number of carbonyl (C=O) groups is 3. The summed E-state index contributed by atoms with van der Waals surface area (Å²) in [5, 5.41) is 14.1. The van der Waals surface area contributed by atoms with Crippen molar-refractivity contribution < 1.29 is 28.6 Å². The van der Waals surface area contributed by atoms with Crippen molar-refractivity contribution in [2.75, 3.05) is 19.0 Å².